The first kappa shape index (κ1) is 18.8. The smallest absolute Gasteiger partial charge is 0.0946 e. The fourth-order valence-electron chi connectivity index (χ4n) is 3.09. The highest BCUT2D eigenvalue weighted by Gasteiger charge is 2.12. The fraction of sp³-hybridized carbons (Fsp3) is 0.182. The van der Waals surface area contributed by atoms with Crippen LogP contribution in [0.3, 0.4) is 0 Å². The normalized spacial score (nSPS) is 12.2. The Kier molecular flexibility index (Phi) is 6.14. The highest BCUT2D eigenvalue weighted by Crippen LogP contribution is 2.29. The molecule has 0 aliphatic heterocycles. The van der Waals surface area contributed by atoms with Crippen LogP contribution in [-0.4, -0.2) is 24.6 Å². The van der Waals surface area contributed by atoms with Gasteiger partial charge in [-0.05, 0) is 60.9 Å². The summed E-state index contributed by atoms with van der Waals surface area (Å²) in [5, 5.41) is 5.51. The van der Waals surface area contributed by atoms with Gasteiger partial charge in [-0.25, -0.2) is 9.67 Å². The number of benzene rings is 2. The Hall–Kier alpha value is -2.50. The molecule has 0 bridgehead atoms. The van der Waals surface area contributed by atoms with E-state index in [0.717, 1.165) is 30.1 Å². The highest BCUT2D eigenvalue weighted by molar-refractivity contribution is 8.00. The molecule has 4 rings (SSSR count). The van der Waals surface area contributed by atoms with Gasteiger partial charge < -0.3 is 4.57 Å². The number of thioether (sulfide) groups is 1. The van der Waals surface area contributed by atoms with E-state index in [1.165, 1.54) is 10.5 Å². The van der Waals surface area contributed by atoms with Crippen molar-refractivity contribution in [2.75, 3.05) is 0 Å². The van der Waals surface area contributed by atoms with Crippen LogP contribution in [-0.2, 0) is 13.0 Å². The minimum absolute atomic E-state index is 0.445. The Labute approximate surface area is 174 Å². The summed E-state index contributed by atoms with van der Waals surface area (Å²) in [4.78, 5) is 5.44. The number of rotatable bonds is 8. The molecule has 2 heterocycles. The van der Waals surface area contributed by atoms with Gasteiger partial charge in [-0.2, -0.15) is 5.10 Å². The van der Waals surface area contributed by atoms with Crippen LogP contribution in [0.1, 0.15) is 12.0 Å². The van der Waals surface area contributed by atoms with Crippen LogP contribution < -0.4 is 0 Å². The van der Waals surface area contributed by atoms with Crippen LogP contribution in [0.15, 0.2) is 90.6 Å². The third kappa shape index (κ3) is 5.06. The first-order valence-corrected chi connectivity index (χ1v) is 10.5. The van der Waals surface area contributed by atoms with Crippen LogP contribution in [0.4, 0.5) is 0 Å². The van der Waals surface area contributed by atoms with E-state index in [-0.39, 0.29) is 0 Å². The lowest BCUT2D eigenvalue weighted by Gasteiger charge is -2.17. The van der Waals surface area contributed by atoms with Gasteiger partial charge in [0, 0.05) is 46.5 Å². The molecule has 0 spiro atoms. The number of hydrogen-bond donors (Lipinski definition) is 0. The summed E-state index contributed by atoms with van der Waals surface area (Å²) in [6.45, 7) is 0.930. The SMILES string of the molecule is Clc1ccc(CCC(Cn2ccnc2)Sc2ccc(-n3cccn3)cc2)cc1. The summed E-state index contributed by atoms with van der Waals surface area (Å²) in [6.07, 6.45) is 11.6. The monoisotopic (exact) mass is 408 g/mol. The molecular formula is C22H21ClN4S. The maximum absolute atomic E-state index is 6.01. The van der Waals surface area contributed by atoms with Gasteiger partial charge in [0.15, 0.2) is 0 Å². The van der Waals surface area contributed by atoms with E-state index < -0.39 is 0 Å². The Morgan fingerprint density at radius 3 is 2.46 bits per heavy atom. The molecule has 4 aromatic rings. The van der Waals surface area contributed by atoms with Crippen molar-refractivity contribution < 1.29 is 0 Å². The van der Waals surface area contributed by atoms with Gasteiger partial charge in [0.05, 0.1) is 12.0 Å². The zero-order valence-corrected chi connectivity index (χ0v) is 16.9. The lowest BCUT2D eigenvalue weighted by Crippen LogP contribution is -2.13. The van der Waals surface area contributed by atoms with E-state index in [1.807, 2.05) is 59.6 Å². The van der Waals surface area contributed by atoms with Crippen molar-refractivity contribution in [1.29, 1.82) is 0 Å². The number of imidazole rings is 1. The number of aromatic nitrogens is 4. The minimum atomic E-state index is 0.445. The van der Waals surface area contributed by atoms with Gasteiger partial charge in [-0.1, -0.05) is 23.7 Å². The molecule has 1 atom stereocenters. The summed E-state index contributed by atoms with van der Waals surface area (Å²) in [6, 6.07) is 18.6. The average Bonchev–Trinajstić information content (AvgIpc) is 3.42. The molecule has 0 radical (unpaired) electrons. The summed E-state index contributed by atoms with van der Waals surface area (Å²) >= 11 is 7.92. The first-order valence-electron chi connectivity index (χ1n) is 9.23. The molecule has 0 saturated heterocycles. The third-order valence-electron chi connectivity index (χ3n) is 4.55. The maximum Gasteiger partial charge on any atom is 0.0946 e. The Balaban J connectivity index is 1.44. The molecule has 6 heteroatoms. The molecule has 142 valence electrons. The predicted molar refractivity (Wildman–Crippen MR) is 115 cm³/mol. The van der Waals surface area contributed by atoms with Crippen molar-refractivity contribution in [2.45, 2.75) is 29.5 Å². The van der Waals surface area contributed by atoms with E-state index in [0.29, 0.717) is 5.25 Å². The van der Waals surface area contributed by atoms with Crippen molar-refractivity contribution in [1.82, 2.24) is 19.3 Å². The second-order valence-electron chi connectivity index (χ2n) is 6.61. The second-order valence-corrected chi connectivity index (χ2v) is 8.42. The number of hydrogen-bond acceptors (Lipinski definition) is 3. The number of aryl methyl sites for hydroxylation is 1. The number of nitrogens with zero attached hydrogens (tertiary/aromatic N) is 4. The summed E-state index contributed by atoms with van der Waals surface area (Å²) in [5.74, 6) is 0. The minimum Gasteiger partial charge on any atom is -0.336 e. The standard InChI is InChI=1S/C22H21ClN4S/c23-19-5-2-18(3-6-19)4-9-22(16-26-15-13-24-17-26)28-21-10-7-20(8-11-21)27-14-1-12-25-27/h1-3,5-8,10-15,17,22H,4,9,16H2. The lowest BCUT2D eigenvalue weighted by atomic mass is 10.1. The molecule has 1 unspecified atom stereocenters. The quantitative estimate of drug-likeness (QED) is 0.360. The van der Waals surface area contributed by atoms with Crippen LogP contribution in [0.5, 0.6) is 0 Å². The molecule has 0 fully saturated rings. The van der Waals surface area contributed by atoms with E-state index in [1.54, 1.807) is 6.20 Å². The maximum atomic E-state index is 6.01. The molecule has 4 nitrogen and oxygen atoms in total. The number of halogens is 1. The van der Waals surface area contributed by atoms with Crippen molar-refractivity contribution in [2.24, 2.45) is 0 Å². The van der Waals surface area contributed by atoms with Gasteiger partial charge in [0.2, 0.25) is 0 Å². The van der Waals surface area contributed by atoms with Crippen molar-refractivity contribution >= 4 is 23.4 Å². The Morgan fingerprint density at radius 2 is 1.79 bits per heavy atom. The zero-order chi connectivity index (χ0) is 19.2. The van der Waals surface area contributed by atoms with Gasteiger partial charge in [0.1, 0.15) is 0 Å². The fourth-order valence-corrected chi connectivity index (χ4v) is 4.37. The molecule has 0 aliphatic carbocycles. The largest absolute Gasteiger partial charge is 0.336 e. The third-order valence-corrected chi connectivity index (χ3v) is 6.06. The van der Waals surface area contributed by atoms with Gasteiger partial charge >= 0.3 is 0 Å². The van der Waals surface area contributed by atoms with Crippen LogP contribution in [0.25, 0.3) is 5.69 Å². The average molecular weight is 409 g/mol. The van der Waals surface area contributed by atoms with Crippen molar-refractivity contribution in [3.8, 4) is 5.69 Å². The first-order chi connectivity index (χ1) is 13.8. The van der Waals surface area contributed by atoms with E-state index in [9.17, 15) is 0 Å². The second kappa shape index (κ2) is 9.13. The summed E-state index contributed by atoms with van der Waals surface area (Å²) in [5.41, 5.74) is 2.39. The van der Waals surface area contributed by atoms with Crippen molar-refractivity contribution in [3.05, 3.63) is 96.3 Å². The van der Waals surface area contributed by atoms with E-state index in [4.69, 9.17) is 11.6 Å². The highest BCUT2D eigenvalue weighted by atomic mass is 35.5. The Morgan fingerprint density at radius 1 is 0.964 bits per heavy atom. The molecular weight excluding hydrogens is 388 g/mol. The molecule has 0 N–H and O–H groups in total. The zero-order valence-electron chi connectivity index (χ0n) is 15.4. The molecule has 28 heavy (non-hydrogen) atoms. The van der Waals surface area contributed by atoms with Crippen LogP contribution >= 0.6 is 23.4 Å². The topological polar surface area (TPSA) is 35.6 Å². The molecule has 2 aromatic heterocycles. The molecule has 0 amide bonds. The van der Waals surface area contributed by atoms with Crippen molar-refractivity contribution in [3.63, 3.8) is 0 Å². The lowest BCUT2D eigenvalue weighted by molar-refractivity contribution is 0.624. The van der Waals surface area contributed by atoms with Gasteiger partial charge in [0.25, 0.3) is 0 Å². The molecule has 0 aliphatic rings. The summed E-state index contributed by atoms with van der Waals surface area (Å²) < 4.78 is 4.02. The van der Waals surface area contributed by atoms with E-state index >= 15 is 0 Å². The molecule has 0 saturated carbocycles. The van der Waals surface area contributed by atoms with Gasteiger partial charge in [-0.15, -0.1) is 11.8 Å². The van der Waals surface area contributed by atoms with Gasteiger partial charge in [-0.3, -0.25) is 0 Å². The van der Waals surface area contributed by atoms with E-state index in [2.05, 4.69) is 51.0 Å². The van der Waals surface area contributed by atoms with Crippen LogP contribution in [0, 0.1) is 0 Å². The predicted octanol–water partition coefficient (Wildman–Crippen LogP) is 5.52. The molecule has 2 aromatic carbocycles. The summed E-state index contributed by atoms with van der Waals surface area (Å²) in [7, 11) is 0. The Bertz CT molecular complexity index is 965. The van der Waals surface area contributed by atoms with Crippen LogP contribution in [0.2, 0.25) is 5.02 Å².